The number of benzene rings is 1. The zero-order valence-electron chi connectivity index (χ0n) is 10.6. The molecule has 0 fully saturated rings. The van der Waals surface area contributed by atoms with Gasteiger partial charge in [-0.25, -0.2) is 4.39 Å². The minimum Gasteiger partial charge on any atom is -0.347 e. The normalized spacial score (nSPS) is 10.8. The molecule has 0 radical (unpaired) electrons. The molecule has 2 aromatic rings. The van der Waals surface area contributed by atoms with E-state index < -0.39 is 0 Å². The number of rotatable bonds is 3. The van der Waals surface area contributed by atoms with Gasteiger partial charge in [0.25, 0.3) is 0 Å². The smallest absolute Gasteiger partial charge is 0.123 e. The Morgan fingerprint density at radius 3 is 2.41 bits per heavy atom. The van der Waals surface area contributed by atoms with Crippen molar-refractivity contribution in [2.75, 3.05) is 0 Å². The van der Waals surface area contributed by atoms with Gasteiger partial charge in [0.1, 0.15) is 5.82 Å². The van der Waals surface area contributed by atoms with Gasteiger partial charge in [-0.05, 0) is 54.8 Å². The fraction of sp³-hybridized carbons (Fsp3) is 0.333. The van der Waals surface area contributed by atoms with Gasteiger partial charge in [0.2, 0.25) is 0 Å². The van der Waals surface area contributed by atoms with Crippen LogP contribution in [0.3, 0.4) is 0 Å². The molecular formula is C15H18FN. The van der Waals surface area contributed by atoms with Crippen LogP contribution in [0.2, 0.25) is 0 Å². The zero-order valence-corrected chi connectivity index (χ0v) is 10.6. The Hall–Kier alpha value is -1.57. The number of hydrogen-bond acceptors (Lipinski definition) is 0. The second-order valence-corrected chi connectivity index (χ2v) is 4.48. The first-order valence-corrected chi connectivity index (χ1v) is 6.04. The molecule has 0 aliphatic heterocycles. The molecule has 1 aromatic carbocycles. The van der Waals surface area contributed by atoms with Gasteiger partial charge >= 0.3 is 0 Å². The van der Waals surface area contributed by atoms with Crippen molar-refractivity contribution in [1.82, 2.24) is 4.57 Å². The number of aromatic nitrogens is 1. The van der Waals surface area contributed by atoms with Gasteiger partial charge in [0.05, 0.1) is 5.69 Å². The van der Waals surface area contributed by atoms with Crippen molar-refractivity contribution in [3.8, 4) is 11.3 Å². The maximum absolute atomic E-state index is 12.9. The number of nitrogens with zero attached hydrogens (tertiary/aromatic N) is 1. The first kappa shape index (κ1) is 11.9. The number of aryl methyl sites for hydroxylation is 2. The van der Waals surface area contributed by atoms with Crippen molar-refractivity contribution >= 4 is 0 Å². The molecule has 0 N–H and O–H groups in total. The third kappa shape index (κ3) is 2.26. The van der Waals surface area contributed by atoms with Crippen molar-refractivity contribution in [1.29, 1.82) is 0 Å². The van der Waals surface area contributed by atoms with E-state index in [0.29, 0.717) is 0 Å². The van der Waals surface area contributed by atoms with Crippen LogP contribution in [-0.4, -0.2) is 4.57 Å². The first-order valence-electron chi connectivity index (χ1n) is 6.04. The van der Waals surface area contributed by atoms with Gasteiger partial charge in [0.15, 0.2) is 0 Å². The molecule has 0 aliphatic carbocycles. The van der Waals surface area contributed by atoms with Crippen molar-refractivity contribution in [2.45, 2.75) is 26.7 Å². The minimum atomic E-state index is -0.186. The fourth-order valence-electron chi connectivity index (χ4n) is 2.35. The molecular weight excluding hydrogens is 213 g/mol. The van der Waals surface area contributed by atoms with E-state index in [4.69, 9.17) is 0 Å². The van der Waals surface area contributed by atoms with Crippen molar-refractivity contribution in [2.24, 2.45) is 7.05 Å². The molecule has 0 spiro atoms. The van der Waals surface area contributed by atoms with E-state index >= 15 is 0 Å². The Labute approximate surface area is 102 Å². The Morgan fingerprint density at radius 2 is 1.82 bits per heavy atom. The highest BCUT2D eigenvalue weighted by molar-refractivity contribution is 5.64. The summed E-state index contributed by atoms with van der Waals surface area (Å²) in [6.07, 6.45) is 2.22. The SMILES string of the molecule is CCCc1cc(C)c(-c2ccc(F)cc2)n1C. The summed E-state index contributed by atoms with van der Waals surface area (Å²) in [7, 11) is 2.08. The average Bonchev–Trinajstić information content (AvgIpc) is 2.57. The highest BCUT2D eigenvalue weighted by Gasteiger charge is 2.10. The van der Waals surface area contributed by atoms with Crippen molar-refractivity contribution in [3.63, 3.8) is 0 Å². The van der Waals surface area contributed by atoms with Crippen LogP contribution in [0.25, 0.3) is 11.3 Å². The number of hydrogen-bond donors (Lipinski definition) is 0. The monoisotopic (exact) mass is 231 g/mol. The van der Waals surface area contributed by atoms with Crippen LogP contribution in [0.5, 0.6) is 0 Å². The molecule has 2 heteroatoms. The maximum Gasteiger partial charge on any atom is 0.123 e. The van der Waals surface area contributed by atoms with Crippen LogP contribution in [0.15, 0.2) is 30.3 Å². The highest BCUT2D eigenvalue weighted by atomic mass is 19.1. The molecule has 2 rings (SSSR count). The van der Waals surface area contributed by atoms with Gasteiger partial charge in [-0.2, -0.15) is 0 Å². The standard InChI is InChI=1S/C15H18FN/c1-4-5-14-10-11(2)15(17(14)3)12-6-8-13(16)9-7-12/h6-10H,4-5H2,1-3H3. The Bertz CT molecular complexity index is 508. The fourth-order valence-corrected chi connectivity index (χ4v) is 2.35. The molecule has 0 atom stereocenters. The van der Waals surface area contributed by atoms with Gasteiger partial charge in [0, 0.05) is 12.7 Å². The quantitative estimate of drug-likeness (QED) is 0.749. The van der Waals surface area contributed by atoms with Gasteiger partial charge in [-0.15, -0.1) is 0 Å². The molecule has 0 aliphatic rings. The lowest BCUT2D eigenvalue weighted by Gasteiger charge is -2.08. The molecule has 1 nitrogen and oxygen atoms in total. The Balaban J connectivity index is 2.48. The van der Waals surface area contributed by atoms with Crippen LogP contribution < -0.4 is 0 Å². The van der Waals surface area contributed by atoms with E-state index in [1.165, 1.54) is 29.1 Å². The number of halogens is 1. The van der Waals surface area contributed by atoms with Crippen molar-refractivity contribution < 1.29 is 4.39 Å². The van der Waals surface area contributed by atoms with E-state index in [1.807, 2.05) is 12.1 Å². The molecule has 90 valence electrons. The third-order valence-corrected chi connectivity index (χ3v) is 3.15. The minimum absolute atomic E-state index is 0.186. The first-order chi connectivity index (χ1) is 8.13. The molecule has 0 amide bonds. The molecule has 0 bridgehead atoms. The van der Waals surface area contributed by atoms with E-state index in [-0.39, 0.29) is 5.82 Å². The lowest BCUT2D eigenvalue weighted by Crippen LogP contribution is -1.98. The summed E-state index contributed by atoms with van der Waals surface area (Å²) in [5.74, 6) is -0.186. The van der Waals surface area contributed by atoms with E-state index in [9.17, 15) is 4.39 Å². The van der Waals surface area contributed by atoms with Gasteiger partial charge < -0.3 is 4.57 Å². The summed E-state index contributed by atoms with van der Waals surface area (Å²) < 4.78 is 15.1. The summed E-state index contributed by atoms with van der Waals surface area (Å²) in [6, 6.07) is 8.94. The second-order valence-electron chi connectivity index (χ2n) is 4.48. The van der Waals surface area contributed by atoms with E-state index in [2.05, 4.69) is 31.5 Å². The average molecular weight is 231 g/mol. The van der Waals surface area contributed by atoms with E-state index in [0.717, 1.165) is 18.4 Å². The van der Waals surface area contributed by atoms with Gasteiger partial charge in [-0.3, -0.25) is 0 Å². The lowest BCUT2D eigenvalue weighted by atomic mass is 10.1. The lowest BCUT2D eigenvalue weighted by molar-refractivity contribution is 0.628. The molecule has 0 saturated heterocycles. The van der Waals surface area contributed by atoms with Crippen LogP contribution in [0.1, 0.15) is 24.6 Å². The maximum atomic E-state index is 12.9. The Morgan fingerprint density at radius 1 is 1.18 bits per heavy atom. The third-order valence-electron chi connectivity index (χ3n) is 3.15. The predicted octanol–water partition coefficient (Wildman–Crippen LogP) is 4.09. The second kappa shape index (κ2) is 4.74. The predicted molar refractivity (Wildman–Crippen MR) is 69.5 cm³/mol. The summed E-state index contributed by atoms with van der Waals surface area (Å²) >= 11 is 0. The zero-order chi connectivity index (χ0) is 12.4. The summed E-state index contributed by atoms with van der Waals surface area (Å²) in [4.78, 5) is 0. The Kier molecular flexibility index (Phi) is 3.32. The van der Waals surface area contributed by atoms with Crippen molar-refractivity contribution in [3.05, 3.63) is 47.4 Å². The van der Waals surface area contributed by atoms with E-state index in [1.54, 1.807) is 0 Å². The molecule has 17 heavy (non-hydrogen) atoms. The van der Waals surface area contributed by atoms with Crippen LogP contribution in [0, 0.1) is 12.7 Å². The molecule has 0 unspecified atom stereocenters. The van der Waals surface area contributed by atoms with Crippen LogP contribution >= 0.6 is 0 Å². The summed E-state index contributed by atoms with van der Waals surface area (Å²) in [5.41, 5.74) is 4.86. The molecule has 0 saturated carbocycles. The largest absolute Gasteiger partial charge is 0.347 e. The summed E-state index contributed by atoms with van der Waals surface area (Å²) in [6.45, 7) is 4.29. The molecule has 1 heterocycles. The summed E-state index contributed by atoms with van der Waals surface area (Å²) in [5, 5.41) is 0. The topological polar surface area (TPSA) is 4.93 Å². The van der Waals surface area contributed by atoms with Crippen LogP contribution in [0.4, 0.5) is 4.39 Å². The van der Waals surface area contributed by atoms with Crippen LogP contribution in [-0.2, 0) is 13.5 Å². The highest BCUT2D eigenvalue weighted by Crippen LogP contribution is 2.26. The van der Waals surface area contributed by atoms with Gasteiger partial charge in [-0.1, -0.05) is 13.3 Å². The molecule has 1 aromatic heterocycles.